The molecule has 0 radical (unpaired) electrons. The first-order valence-electron chi connectivity index (χ1n) is 4.46. The summed E-state index contributed by atoms with van der Waals surface area (Å²) < 4.78 is 5.43. The molecule has 0 aromatic heterocycles. The van der Waals surface area contributed by atoms with E-state index in [0.29, 0.717) is 0 Å². The van der Waals surface area contributed by atoms with Gasteiger partial charge in [0, 0.05) is 11.1 Å². The van der Waals surface area contributed by atoms with Crippen LogP contribution in [0.25, 0.3) is 0 Å². The summed E-state index contributed by atoms with van der Waals surface area (Å²) in [7, 11) is 0. The molecule has 6 nitrogen and oxygen atoms in total. The van der Waals surface area contributed by atoms with Gasteiger partial charge in [-0.25, -0.2) is 0 Å². The van der Waals surface area contributed by atoms with Gasteiger partial charge in [-0.1, -0.05) is 0 Å². The zero-order valence-corrected chi connectivity index (χ0v) is 7.50. The fraction of sp³-hybridized carbons (Fsp3) is 0.625. The van der Waals surface area contributed by atoms with Gasteiger partial charge >= 0.3 is 0 Å². The number of ether oxygens (including phenoxy) is 1. The standard InChI is InChI=1S/C8H11N3O3/c9-6-3-10-4-7(8(6)11(12)13)14-5-1-2-5/h3-5,7-8H,1-2,9H2. The van der Waals surface area contributed by atoms with Crippen LogP contribution in [0.3, 0.4) is 0 Å². The first kappa shape index (κ1) is 9.14. The maximum atomic E-state index is 10.7. The Balaban J connectivity index is 2.09. The van der Waals surface area contributed by atoms with Crippen LogP contribution in [0.2, 0.25) is 0 Å². The predicted octanol–water partition coefficient (Wildman–Crippen LogP) is 0.0638. The molecule has 0 spiro atoms. The highest BCUT2D eigenvalue weighted by molar-refractivity contribution is 5.67. The minimum Gasteiger partial charge on any atom is -0.395 e. The van der Waals surface area contributed by atoms with E-state index in [1.165, 1.54) is 12.4 Å². The van der Waals surface area contributed by atoms with Gasteiger partial charge in [-0.05, 0) is 12.8 Å². The molecule has 0 bridgehead atoms. The van der Waals surface area contributed by atoms with E-state index in [1.807, 2.05) is 0 Å². The quantitative estimate of drug-likeness (QED) is 0.511. The predicted molar refractivity (Wildman–Crippen MR) is 49.4 cm³/mol. The summed E-state index contributed by atoms with van der Waals surface area (Å²) in [5, 5.41) is 10.7. The van der Waals surface area contributed by atoms with E-state index in [4.69, 9.17) is 10.5 Å². The molecule has 0 aromatic carbocycles. The second kappa shape index (κ2) is 3.38. The highest BCUT2D eigenvalue weighted by Gasteiger charge is 2.39. The van der Waals surface area contributed by atoms with Crippen LogP contribution in [-0.4, -0.2) is 29.4 Å². The minimum atomic E-state index is -0.979. The number of hydrogen-bond acceptors (Lipinski definition) is 5. The van der Waals surface area contributed by atoms with E-state index in [-0.39, 0.29) is 11.8 Å². The Morgan fingerprint density at radius 1 is 1.64 bits per heavy atom. The monoisotopic (exact) mass is 197 g/mol. The second-order valence-electron chi connectivity index (χ2n) is 3.46. The lowest BCUT2D eigenvalue weighted by Gasteiger charge is -2.19. The van der Waals surface area contributed by atoms with Crippen LogP contribution in [0.15, 0.2) is 16.9 Å². The Bertz CT molecular complexity index is 309. The summed E-state index contributed by atoms with van der Waals surface area (Å²) in [6, 6.07) is -0.979. The Hall–Kier alpha value is -1.43. The number of nitrogens with two attached hydrogens (primary N) is 1. The molecule has 1 saturated carbocycles. The van der Waals surface area contributed by atoms with Gasteiger partial charge in [0.25, 0.3) is 6.04 Å². The minimum absolute atomic E-state index is 0.153. The molecule has 2 aliphatic rings. The molecule has 2 atom stereocenters. The Labute approximate surface area is 80.6 Å². The normalized spacial score (nSPS) is 31.3. The van der Waals surface area contributed by atoms with Crippen molar-refractivity contribution in [3.8, 4) is 0 Å². The van der Waals surface area contributed by atoms with Gasteiger partial charge in [0.05, 0.1) is 12.3 Å². The zero-order chi connectivity index (χ0) is 10.1. The average molecular weight is 197 g/mol. The molecule has 1 fully saturated rings. The Kier molecular flexibility index (Phi) is 2.20. The van der Waals surface area contributed by atoms with Crippen LogP contribution >= 0.6 is 0 Å². The van der Waals surface area contributed by atoms with Crippen molar-refractivity contribution in [2.45, 2.75) is 31.1 Å². The van der Waals surface area contributed by atoms with Crippen molar-refractivity contribution in [3.05, 3.63) is 22.0 Å². The maximum absolute atomic E-state index is 10.7. The topological polar surface area (TPSA) is 90.8 Å². The van der Waals surface area contributed by atoms with Gasteiger partial charge in [0.2, 0.25) is 0 Å². The lowest BCUT2D eigenvalue weighted by molar-refractivity contribution is -0.521. The molecule has 76 valence electrons. The summed E-state index contributed by atoms with van der Waals surface area (Å²) in [5.41, 5.74) is 5.65. The summed E-state index contributed by atoms with van der Waals surface area (Å²) in [4.78, 5) is 14.1. The van der Waals surface area contributed by atoms with Gasteiger partial charge in [-0.3, -0.25) is 15.1 Å². The van der Waals surface area contributed by atoms with Crippen LogP contribution in [0.1, 0.15) is 12.8 Å². The highest BCUT2D eigenvalue weighted by Crippen LogP contribution is 2.27. The van der Waals surface area contributed by atoms with E-state index in [1.54, 1.807) is 0 Å². The highest BCUT2D eigenvalue weighted by atomic mass is 16.6. The SMILES string of the molecule is NC1=CN=CC(OC2CC2)C1[N+](=O)[O-]. The summed E-state index contributed by atoms with van der Waals surface area (Å²) in [6.07, 6.45) is 4.24. The fourth-order valence-electron chi connectivity index (χ4n) is 1.34. The second-order valence-corrected chi connectivity index (χ2v) is 3.46. The van der Waals surface area contributed by atoms with Crippen molar-refractivity contribution >= 4 is 6.21 Å². The third-order valence-electron chi connectivity index (χ3n) is 2.21. The van der Waals surface area contributed by atoms with Crippen molar-refractivity contribution in [3.63, 3.8) is 0 Å². The van der Waals surface area contributed by atoms with E-state index < -0.39 is 17.1 Å². The van der Waals surface area contributed by atoms with Crippen molar-refractivity contribution in [2.24, 2.45) is 10.7 Å². The van der Waals surface area contributed by atoms with Gasteiger partial charge < -0.3 is 10.5 Å². The zero-order valence-electron chi connectivity index (χ0n) is 7.50. The van der Waals surface area contributed by atoms with Crippen molar-refractivity contribution in [2.75, 3.05) is 0 Å². The molecular formula is C8H11N3O3. The molecule has 2 N–H and O–H groups in total. The van der Waals surface area contributed by atoms with E-state index >= 15 is 0 Å². The van der Waals surface area contributed by atoms with Gasteiger partial charge in [-0.2, -0.15) is 0 Å². The lowest BCUT2D eigenvalue weighted by atomic mass is 10.1. The number of hydrogen-bond donors (Lipinski definition) is 1. The summed E-state index contributed by atoms with van der Waals surface area (Å²) >= 11 is 0. The van der Waals surface area contributed by atoms with Crippen LogP contribution in [0, 0.1) is 10.1 Å². The molecule has 14 heavy (non-hydrogen) atoms. The molecule has 6 heteroatoms. The average Bonchev–Trinajstić information content (AvgIpc) is 2.87. The molecule has 2 unspecified atom stereocenters. The van der Waals surface area contributed by atoms with Gasteiger partial charge in [0.1, 0.15) is 5.70 Å². The molecule has 1 heterocycles. The molecule has 2 rings (SSSR count). The van der Waals surface area contributed by atoms with Gasteiger partial charge in [0.15, 0.2) is 6.10 Å². The van der Waals surface area contributed by atoms with E-state index in [0.717, 1.165) is 12.8 Å². The Morgan fingerprint density at radius 2 is 2.36 bits per heavy atom. The largest absolute Gasteiger partial charge is 0.395 e. The first-order valence-corrected chi connectivity index (χ1v) is 4.46. The molecule has 1 aliphatic carbocycles. The molecule has 0 saturated heterocycles. The van der Waals surface area contributed by atoms with Crippen LogP contribution < -0.4 is 5.73 Å². The van der Waals surface area contributed by atoms with Crippen molar-refractivity contribution in [1.29, 1.82) is 0 Å². The maximum Gasteiger partial charge on any atom is 0.284 e. The number of rotatable bonds is 3. The smallest absolute Gasteiger partial charge is 0.284 e. The molecule has 0 aromatic rings. The fourth-order valence-corrected chi connectivity index (χ4v) is 1.34. The number of aliphatic imine (C=N–C) groups is 1. The molecule has 1 aliphatic heterocycles. The van der Waals surface area contributed by atoms with E-state index in [2.05, 4.69) is 4.99 Å². The number of nitrogens with zero attached hydrogens (tertiary/aromatic N) is 2. The third kappa shape index (κ3) is 1.74. The number of nitro groups is 1. The third-order valence-corrected chi connectivity index (χ3v) is 2.21. The summed E-state index contributed by atoms with van der Waals surface area (Å²) in [6.45, 7) is 0. The molecule has 0 amide bonds. The Morgan fingerprint density at radius 3 is 2.93 bits per heavy atom. The first-order chi connectivity index (χ1) is 6.68. The van der Waals surface area contributed by atoms with Crippen LogP contribution in [-0.2, 0) is 4.74 Å². The van der Waals surface area contributed by atoms with Crippen molar-refractivity contribution < 1.29 is 9.66 Å². The summed E-state index contributed by atoms with van der Waals surface area (Å²) in [5.74, 6) is 0. The van der Waals surface area contributed by atoms with Crippen LogP contribution in [0.4, 0.5) is 0 Å². The lowest BCUT2D eigenvalue weighted by Crippen LogP contribution is -2.42. The van der Waals surface area contributed by atoms with E-state index in [9.17, 15) is 10.1 Å². The molecular weight excluding hydrogens is 186 g/mol. The van der Waals surface area contributed by atoms with Crippen molar-refractivity contribution in [1.82, 2.24) is 0 Å². The van der Waals surface area contributed by atoms with Gasteiger partial charge in [-0.15, -0.1) is 0 Å². The van der Waals surface area contributed by atoms with Crippen LogP contribution in [0.5, 0.6) is 0 Å².